The first-order chi connectivity index (χ1) is 24.4. The van der Waals surface area contributed by atoms with E-state index in [0.29, 0.717) is 45.4 Å². The summed E-state index contributed by atoms with van der Waals surface area (Å²) in [5.41, 5.74) is 2.71. The maximum Gasteiger partial charge on any atom is 0.323 e. The molecule has 15 heteroatoms. The summed E-state index contributed by atoms with van der Waals surface area (Å²) in [5, 5.41) is 10.4. The molecule has 1 unspecified atom stereocenters. The van der Waals surface area contributed by atoms with Crippen LogP contribution >= 0.6 is 7.37 Å². The van der Waals surface area contributed by atoms with E-state index in [1.165, 1.54) is 20.9 Å². The van der Waals surface area contributed by atoms with E-state index in [-0.39, 0.29) is 35.8 Å². The van der Waals surface area contributed by atoms with Crippen molar-refractivity contribution in [1.29, 1.82) is 0 Å². The highest BCUT2D eigenvalue weighted by atomic mass is 32.2. The van der Waals surface area contributed by atoms with Gasteiger partial charge in [-0.05, 0) is 47.4 Å². The van der Waals surface area contributed by atoms with Gasteiger partial charge in [0.1, 0.15) is 23.1 Å². The SMILES string of the molecule is COc1cc(Nc2cc(Oc3ccc(NC(=O)Nc4cc(C(C)(C)C)cc(NS(C)(=O)=O)c4OC)c4ccccc34)ccn2)ccc1CP(C)(=O)O.[HH].[HH].[HH].[HH].[HH]. The molecule has 5 N–H and O–H groups in total. The Morgan fingerprint density at radius 3 is 2.23 bits per heavy atom. The Labute approximate surface area is 310 Å². The molecule has 13 nitrogen and oxygen atoms in total. The molecule has 4 aromatic carbocycles. The minimum Gasteiger partial charge on any atom is -0.496 e. The highest BCUT2D eigenvalue weighted by Crippen LogP contribution is 2.43. The maximum atomic E-state index is 13.4. The average molecular weight is 758 g/mol. The third-order valence-corrected chi connectivity index (χ3v) is 9.34. The molecule has 0 bridgehead atoms. The van der Waals surface area contributed by atoms with Crippen LogP contribution in [-0.2, 0) is 26.2 Å². The predicted octanol–water partition coefficient (Wildman–Crippen LogP) is 9.73. The lowest BCUT2D eigenvalue weighted by molar-refractivity contribution is 0.262. The number of hydrogen-bond donors (Lipinski definition) is 5. The Bertz CT molecular complexity index is 2310. The van der Waals surface area contributed by atoms with Crippen molar-refractivity contribution in [1.82, 2.24) is 4.98 Å². The Morgan fingerprint density at radius 1 is 0.885 bits per heavy atom. The van der Waals surface area contributed by atoms with Crippen molar-refractivity contribution in [3.05, 3.63) is 96.2 Å². The van der Waals surface area contributed by atoms with Crippen molar-refractivity contribution in [2.24, 2.45) is 0 Å². The van der Waals surface area contributed by atoms with Crippen LogP contribution in [0.4, 0.5) is 33.4 Å². The van der Waals surface area contributed by atoms with Gasteiger partial charge in [-0.3, -0.25) is 9.29 Å². The van der Waals surface area contributed by atoms with Gasteiger partial charge in [-0.1, -0.05) is 51.1 Å². The topological polar surface area (TPSA) is 177 Å². The second-order valence-corrected chi connectivity index (χ2v) is 17.5. The molecule has 2 amide bonds. The lowest BCUT2D eigenvalue weighted by atomic mass is 9.86. The van der Waals surface area contributed by atoms with Crippen LogP contribution in [0.5, 0.6) is 23.0 Å². The molecule has 0 saturated carbocycles. The van der Waals surface area contributed by atoms with E-state index >= 15 is 0 Å². The molecular formula is C37H52N5O8PS. The number of hydrogen-bond acceptors (Lipinski definition) is 9. The van der Waals surface area contributed by atoms with Crippen molar-refractivity contribution in [2.45, 2.75) is 32.3 Å². The summed E-state index contributed by atoms with van der Waals surface area (Å²) in [6.45, 7) is 7.24. The van der Waals surface area contributed by atoms with Gasteiger partial charge in [0.15, 0.2) is 5.75 Å². The van der Waals surface area contributed by atoms with Gasteiger partial charge >= 0.3 is 6.03 Å². The van der Waals surface area contributed by atoms with E-state index in [0.717, 1.165) is 17.2 Å². The number of anilines is 5. The van der Waals surface area contributed by atoms with Crippen LogP contribution in [0, 0.1) is 0 Å². The van der Waals surface area contributed by atoms with Crippen LogP contribution in [0.25, 0.3) is 10.8 Å². The predicted molar refractivity (Wildman–Crippen MR) is 217 cm³/mol. The standard InChI is InChI=1S/C37H42N5O8PS.5H2/c1-37(2,3)24-18-30(35(49-5)31(19-24)42-52(7,46)47)41-36(43)40-29-14-15-32(28-11-9-8-10-27(28)29)50-26-16-17-38-34(21-26)39-25-13-12-23(22-51(6,44)45)33(20-25)48-4;;;;;/h8-21,42H,22H2,1-7H3,(H,38,39)(H,44,45)(H2,40,41,43);5*1H. The lowest BCUT2D eigenvalue weighted by Gasteiger charge is -2.24. The number of ether oxygens (including phenoxy) is 3. The first-order valence-corrected chi connectivity index (χ1v) is 20.3. The maximum absolute atomic E-state index is 13.4. The number of carbonyl (C=O) groups excluding carboxylic acids is 1. The summed E-state index contributed by atoms with van der Waals surface area (Å²) in [5.74, 6) is 2.18. The first-order valence-electron chi connectivity index (χ1n) is 16.1. The minimum atomic E-state index is -3.64. The molecule has 5 aromatic rings. The van der Waals surface area contributed by atoms with Crippen LogP contribution in [0.1, 0.15) is 39.0 Å². The van der Waals surface area contributed by atoms with Gasteiger partial charge in [0, 0.05) is 54.2 Å². The number of amides is 2. The van der Waals surface area contributed by atoms with E-state index in [9.17, 15) is 22.7 Å². The zero-order valence-corrected chi connectivity index (χ0v) is 31.6. The normalized spacial score (nSPS) is 12.8. The molecule has 0 aliphatic carbocycles. The van der Waals surface area contributed by atoms with Crippen LogP contribution in [0.3, 0.4) is 0 Å². The third-order valence-electron chi connectivity index (χ3n) is 7.82. The summed E-state index contributed by atoms with van der Waals surface area (Å²) in [6, 6.07) is 22.5. The van der Waals surface area contributed by atoms with Gasteiger partial charge in [0.2, 0.25) is 17.4 Å². The number of aromatic nitrogens is 1. The minimum absolute atomic E-state index is 0. The molecule has 0 saturated heterocycles. The fourth-order valence-electron chi connectivity index (χ4n) is 5.48. The lowest BCUT2D eigenvalue weighted by Crippen LogP contribution is -2.22. The fraction of sp³-hybridized carbons (Fsp3) is 0.243. The second kappa shape index (κ2) is 15.1. The monoisotopic (exact) mass is 757 g/mol. The van der Waals surface area contributed by atoms with E-state index in [4.69, 9.17) is 14.2 Å². The summed E-state index contributed by atoms with van der Waals surface area (Å²) >= 11 is 0. The fourth-order valence-corrected chi connectivity index (χ4v) is 6.93. The highest BCUT2D eigenvalue weighted by Gasteiger charge is 2.23. The van der Waals surface area contributed by atoms with Crippen molar-refractivity contribution in [3.8, 4) is 23.0 Å². The van der Waals surface area contributed by atoms with Crippen molar-refractivity contribution >= 4 is 62.8 Å². The Balaban J connectivity index is 0.00000627. The van der Waals surface area contributed by atoms with Gasteiger partial charge in [-0.25, -0.2) is 18.2 Å². The molecule has 1 aromatic heterocycles. The second-order valence-electron chi connectivity index (χ2n) is 13.3. The summed E-state index contributed by atoms with van der Waals surface area (Å²) in [6.07, 6.45) is 2.64. The average Bonchev–Trinajstić information content (AvgIpc) is 3.05. The molecule has 284 valence electrons. The molecule has 0 radical (unpaired) electrons. The van der Waals surface area contributed by atoms with Crippen molar-refractivity contribution in [3.63, 3.8) is 0 Å². The number of nitrogens with one attached hydrogen (secondary N) is 4. The van der Waals surface area contributed by atoms with Gasteiger partial charge in [0.05, 0.1) is 43.7 Å². The molecule has 0 aliphatic rings. The number of benzene rings is 4. The number of carbonyl (C=O) groups is 1. The first kappa shape index (κ1) is 37.9. The van der Waals surface area contributed by atoms with E-state index < -0.39 is 23.4 Å². The Hall–Kier alpha value is -5.30. The summed E-state index contributed by atoms with van der Waals surface area (Å²) in [4.78, 5) is 27.7. The van der Waals surface area contributed by atoms with Gasteiger partial charge in [-0.15, -0.1) is 0 Å². The number of nitrogens with zero attached hydrogens (tertiary/aromatic N) is 1. The van der Waals surface area contributed by atoms with Crippen LogP contribution in [0.15, 0.2) is 85.1 Å². The molecule has 0 aliphatic heterocycles. The smallest absolute Gasteiger partial charge is 0.323 e. The molecule has 1 heterocycles. The van der Waals surface area contributed by atoms with E-state index in [2.05, 4.69) is 25.7 Å². The van der Waals surface area contributed by atoms with Crippen molar-refractivity contribution < 1.29 is 44.0 Å². The molecular weight excluding hydrogens is 705 g/mol. The van der Waals surface area contributed by atoms with Crippen LogP contribution < -0.4 is 34.9 Å². The Morgan fingerprint density at radius 2 is 1.58 bits per heavy atom. The van der Waals surface area contributed by atoms with Crippen LogP contribution in [-0.4, -0.2) is 51.5 Å². The molecule has 52 heavy (non-hydrogen) atoms. The molecule has 5 rings (SSSR count). The third kappa shape index (κ3) is 9.72. The molecule has 1 atom stereocenters. The molecule has 0 fully saturated rings. The quantitative estimate of drug-likeness (QED) is 0.0770. The Kier molecular flexibility index (Phi) is 11.0. The zero-order valence-electron chi connectivity index (χ0n) is 29.9. The van der Waals surface area contributed by atoms with Gasteiger partial charge < -0.3 is 35.1 Å². The zero-order chi connectivity index (χ0) is 37.8. The summed E-state index contributed by atoms with van der Waals surface area (Å²) in [7, 11) is -4.02. The number of pyridine rings is 1. The van der Waals surface area contributed by atoms with E-state index in [1.807, 2.05) is 45.0 Å². The largest absolute Gasteiger partial charge is 0.496 e. The van der Waals surface area contributed by atoms with Crippen LogP contribution in [0.2, 0.25) is 0 Å². The number of methoxy groups -OCH3 is 2. The number of rotatable bonds is 12. The number of urea groups is 1. The van der Waals surface area contributed by atoms with Gasteiger partial charge in [0.25, 0.3) is 0 Å². The van der Waals surface area contributed by atoms with Gasteiger partial charge in [-0.2, -0.15) is 0 Å². The summed E-state index contributed by atoms with van der Waals surface area (Å²) < 4.78 is 56.0. The number of sulfonamides is 1. The molecule has 0 spiro atoms. The van der Waals surface area contributed by atoms with Crippen molar-refractivity contribution in [2.75, 3.05) is 47.8 Å². The highest BCUT2D eigenvalue weighted by molar-refractivity contribution is 7.92. The van der Waals surface area contributed by atoms with E-state index in [1.54, 1.807) is 60.8 Å². The number of fused-ring (bicyclic) bond motifs is 1.